The molecule has 0 unspecified atom stereocenters. The Kier molecular flexibility index (Phi) is 5.99. The van der Waals surface area contributed by atoms with Gasteiger partial charge in [-0.3, -0.25) is 4.72 Å². The second-order valence-corrected chi connectivity index (χ2v) is 9.10. The molecular weight excluding hydrogens is 412 g/mol. The summed E-state index contributed by atoms with van der Waals surface area (Å²) in [7, 11) is -2.16. The molecule has 0 amide bonds. The van der Waals surface area contributed by atoms with E-state index in [0.717, 1.165) is 32.0 Å². The zero-order valence-corrected chi connectivity index (χ0v) is 18.5. The average molecular weight is 439 g/mol. The number of aryl methyl sites for hydroxylation is 1. The lowest BCUT2D eigenvalue weighted by Gasteiger charge is -2.36. The number of piperazine rings is 1. The van der Waals surface area contributed by atoms with Crippen LogP contribution in [0.1, 0.15) is 5.56 Å². The SMILES string of the molecule is COc1ccc(S(=O)(=O)Nc2ccc(N3CCN(c4ccccc4)CC3)nc2)c(C)c1. The fourth-order valence-electron chi connectivity index (χ4n) is 3.73. The Bertz CT molecular complexity index is 1130. The van der Waals surface area contributed by atoms with Crippen LogP contribution in [0.2, 0.25) is 0 Å². The second kappa shape index (κ2) is 8.85. The number of benzene rings is 2. The number of pyridine rings is 1. The van der Waals surface area contributed by atoms with E-state index in [1.165, 1.54) is 5.69 Å². The van der Waals surface area contributed by atoms with Crippen LogP contribution in [0.5, 0.6) is 5.75 Å². The van der Waals surface area contributed by atoms with E-state index in [4.69, 9.17) is 4.74 Å². The number of anilines is 3. The highest BCUT2D eigenvalue weighted by Gasteiger charge is 2.20. The molecule has 0 atom stereocenters. The van der Waals surface area contributed by atoms with E-state index in [2.05, 4.69) is 43.8 Å². The van der Waals surface area contributed by atoms with E-state index >= 15 is 0 Å². The molecule has 3 aromatic rings. The molecule has 2 heterocycles. The molecule has 162 valence electrons. The fraction of sp³-hybridized carbons (Fsp3) is 0.261. The maximum atomic E-state index is 12.8. The van der Waals surface area contributed by atoms with Gasteiger partial charge in [-0.15, -0.1) is 0 Å². The van der Waals surface area contributed by atoms with Crippen LogP contribution < -0.4 is 19.3 Å². The van der Waals surface area contributed by atoms with Gasteiger partial charge in [0, 0.05) is 31.9 Å². The summed E-state index contributed by atoms with van der Waals surface area (Å²) in [6.45, 7) is 5.29. The Labute approximate surface area is 183 Å². The molecule has 0 saturated carbocycles. The van der Waals surface area contributed by atoms with Crippen molar-refractivity contribution < 1.29 is 13.2 Å². The number of para-hydroxylation sites is 1. The third-order valence-electron chi connectivity index (χ3n) is 5.40. The molecule has 31 heavy (non-hydrogen) atoms. The van der Waals surface area contributed by atoms with Crippen LogP contribution in [-0.4, -0.2) is 46.7 Å². The summed E-state index contributed by atoms with van der Waals surface area (Å²) in [5, 5.41) is 0. The summed E-state index contributed by atoms with van der Waals surface area (Å²) >= 11 is 0. The molecular formula is C23H26N4O3S. The van der Waals surface area contributed by atoms with Crippen LogP contribution in [0, 0.1) is 6.92 Å². The van der Waals surface area contributed by atoms with Crippen LogP contribution in [0.25, 0.3) is 0 Å². The Balaban J connectivity index is 1.41. The molecule has 0 aliphatic carbocycles. The van der Waals surface area contributed by atoms with Crippen LogP contribution in [0.3, 0.4) is 0 Å². The number of hydrogen-bond donors (Lipinski definition) is 1. The minimum Gasteiger partial charge on any atom is -0.497 e. The van der Waals surface area contributed by atoms with Gasteiger partial charge in [0.1, 0.15) is 11.6 Å². The van der Waals surface area contributed by atoms with Gasteiger partial charge in [-0.1, -0.05) is 18.2 Å². The Morgan fingerprint density at radius 2 is 1.65 bits per heavy atom. The summed E-state index contributed by atoms with van der Waals surface area (Å²) in [4.78, 5) is 9.28. The van der Waals surface area contributed by atoms with E-state index < -0.39 is 10.0 Å². The topological polar surface area (TPSA) is 74.8 Å². The van der Waals surface area contributed by atoms with Crippen molar-refractivity contribution in [2.45, 2.75) is 11.8 Å². The number of nitrogens with zero attached hydrogens (tertiary/aromatic N) is 3. The van der Waals surface area contributed by atoms with E-state index in [1.807, 2.05) is 12.1 Å². The highest BCUT2D eigenvalue weighted by Crippen LogP contribution is 2.24. The minimum absolute atomic E-state index is 0.217. The fourth-order valence-corrected chi connectivity index (χ4v) is 5.00. The number of aromatic nitrogens is 1. The summed E-state index contributed by atoms with van der Waals surface area (Å²) in [5.74, 6) is 1.46. The Morgan fingerprint density at radius 1 is 0.935 bits per heavy atom. The van der Waals surface area contributed by atoms with E-state index in [1.54, 1.807) is 44.5 Å². The molecule has 7 nitrogen and oxygen atoms in total. The first-order chi connectivity index (χ1) is 15.0. The van der Waals surface area contributed by atoms with Crippen molar-refractivity contribution in [1.29, 1.82) is 0 Å². The van der Waals surface area contributed by atoms with Gasteiger partial charge in [0.15, 0.2) is 0 Å². The smallest absolute Gasteiger partial charge is 0.262 e. The summed E-state index contributed by atoms with van der Waals surface area (Å²) in [6, 6.07) is 18.9. The molecule has 4 rings (SSSR count). The van der Waals surface area contributed by atoms with E-state index in [0.29, 0.717) is 17.0 Å². The maximum absolute atomic E-state index is 12.8. The second-order valence-electron chi connectivity index (χ2n) is 7.45. The molecule has 0 spiro atoms. The molecule has 1 fully saturated rings. The molecule has 1 N–H and O–H groups in total. The first kappa shape index (κ1) is 21.0. The average Bonchev–Trinajstić information content (AvgIpc) is 2.80. The number of nitrogens with one attached hydrogen (secondary N) is 1. The van der Waals surface area contributed by atoms with Crippen LogP contribution in [0.4, 0.5) is 17.2 Å². The summed E-state index contributed by atoms with van der Waals surface area (Å²) < 4.78 is 33.3. The largest absolute Gasteiger partial charge is 0.497 e. The van der Waals surface area contributed by atoms with Crippen LogP contribution in [-0.2, 0) is 10.0 Å². The van der Waals surface area contributed by atoms with Crippen molar-refractivity contribution in [3.8, 4) is 5.75 Å². The molecule has 2 aromatic carbocycles. The zero-order chi connectivity index (χ0) is 21.8. The molecule has 1 aliphatic rings. The lowest BCUT2D eigenvalue weighted by molar-refractivity contribution is 0.414. The highest BCUT2D eigenvalue weighted by atomic mass is 32.2. The summed E-state index contributed by atoms with van der Waals surface area (Å²) in [6.07, 6.45) is 1.56. The summed E-state index contributed by atoms with van der Waals surface area (Å²) in [5.41, 5.74) is 2.28. The Morgan fingerprint density at radius 3 is 2.26 bits per heavy atom. The lowest BCUT2D eigenvalue weighted by Crippen LogP contribution is -2.46. The van der Waals surface area contributed by atoms with Gasteiger partial charge in [-0.2, -0.15) is 0 Å². The number of rotatable bonds is 6. The van der Waals surface area contributed by atoms with Gasteiger partial charge in [-0.05, 0) is 55.0 Å². The molecule has 8 heteroatoms. The molecule has 0 radical (unpaired) electrons. The van der Waals surface area contributed by atoms with Gasteiger partial charge in [0.2, 0.25) is 0 Å². The van der Waals surface area contributed by atoms with Crippen molar-refractivity contribution >= 4 is 27.2 Å². The zero-order valence-electron chi connectivity index (χ0n) is 17.7. The molecule has 1 saturated heterocycles. The van der Waals surface area contributed by atoms with Crippen molar-refractivity contribution in [2.75, 3.05) is 47.8 Å². The van der Waals surface area contributed by atoms with Crippen molar-refractivity contribution in [1.82, 2.24) is 4.98 Å². The van der Waals surface area contributed by atoms with E-state index in [9.17, 15) is 8.42 Å². The van der Waals surface area contributed by atoms with Gasteiger partial charge in [-0.25, -0.2) is 13.4 Å². The maximum Gasteiger partial charge on any atom is 0.262 e. The monoisotopic (exact) mass is 438 g/mol. The van der Waals surface area contributed by atoms with E-state index in [-0.39, 0.29) is 4.90 Å². The quantitative estimate of drug-likeness (QED) is 0.635. The normalized spacial score (nSPS) is 14.4. The number of sulfonamides is 1. The highest BCUT2D eigenvalue weighted by molar-refractivity contribution is 7.92. The van der Waals surface area contributed by atoms with Gasteiger partial charge in [0.25, 0.3) is 10.0 Å². The predicted octanol–water partition coefficient (Wildman–Crippen LogP) is 3.53. The first-order valence-electron chi connectivity index (χ1n) is 10.1. The lowest BCUT2D eigenvalue weighted by atomic mass is 10.2. The van der Waals surface area contributed by atoms with Crippen molar-refractivity contribution in [3.63, 3.8) is 0 Å². The van der Waals surface area contributed by atoms with Gasteiger partial charge < -0.3 is 14.5 Å². The Hall–Kier alpha value is -3.26. The van der Waals surface area contributed by atoms with Crippen molar-refractivity contribution in [2.24, 2.45) is 0 Å². The standard InChI is InChI=1S/C23H26N4O3S/c1-18-16-21(30-2)9-10-22(18)31(28,29)25-19-8-11-23(24-17-19)27-14-12-26(13-15-27)20-6-4-3-5-7-20/h3-11,16-17,25H,12-15H2,1-2H3. The van der Waals surface area contributed by atoms with Crippen molar-refractivity contribution in [3.05, 3.63) is 72.4 Å². The van der Waals surface area contributed by atoms with Crippen LogP contribution >= 0.6 is 0 Å². The number of ether oxygens (including phenoxy) is 1. The molecule has 0 bridgehead atoms. The van der Waals surface area contributed by atoms with Gasteiger partial charge in [0.05, 0.1) is 23.9 Å². The molecule has 1 aromatic heterocycles. The minimum atomic E-state index is -3.71. The van der Waals surface area contributed by atoms with Gasteiger partial charge >= 0.3 is 0 Å². The third kappa shape index (κ3) is 4.74. The number of methoxy groups -OCH3 is 1. The molecule has 1 aliphatic heterocycles. The number of hydrogen-bond acceptors (Lipinski definition) is 6. The van der Waals surface area contributed by atoms with Crippen LogP contribution in [0.15, 0.2) is 71.8 Å². The third-order valence-corrected chi connectivity index (χ3v) is 6.94. The predicted molar refractivity (Wildman–Crippen MR) is 124 cm³/mol. The first-order valence-corrected chi connectivity index (χ1v) is 11.6.